The van der Waals surface area contributed by atoms with Crippen LogP contribution >= 0.6 is 15.9 Å². The number of ether oxygens (including phenoxy) is 1. The number of halogens is 1. The summed E-state index contributed by atoms with van der Waals surface area (Å²) in [5, 5.41) is 7.86. The Hall–Kier alpha value is -0.460. The molecule has 0 aromatic carbocycles. The molecule has 5 nitrogen and oxygen atoms in total. The number of hydrogen-bond donors (Lipinski definition) is 1. The first-order valence-corrected chi connectivity index (χ1v) is 5.78. The number of aromatic nitrogens is 3. The number of aryl methyl sites for hydroxylation is 1. The van der Waals surface area contributed by atoms with Crippen LogP contribution in [-0.4, -0.2) is 27.2 Å². The van der Waals surface area contributed by atoms with Crippen LogP contribution in [0.5, 0.6) is 0 Å². The van der Waals surface area contributed by atoms with Crippen molar-refractivity contribution in [2.24, 2.45) is 12.8 Å². The highest BCUT2D eigenvalue weighted by Crippen LogP contribution is 2.37. The minimum absolute atomic E-state index is 0.200. The Bertz CT molecular complexity index is 339. The molecule has 0 aliphatic carbocycles. The first kappa shape index (κ1) is 11.0. The van der Waals surface area contributed by atoms with Crippen molar-refractivity contribution in [1.82, 2.24) is 15.0 Å². The third-order valence-electron chi connectivity index (χ3n) is 3.03. The van der Waals surface area contributed by atoms with Crippen LogP contribution in [0.2, 0.25) is 0 Å². The fourth-order valence-electron chi connectivity index (χ4n) is 2.00. The molecule has 2 atom stereocenters. The van der Waals surface area contributed by atoms with E-state index in [-0.39, 0.29) is 11.6 Å². The fraction of sp³-hybridized carbons (Fsp3) is 0.778. The molecule has 84 valence electrons. The van der Waals surface area contributed by atoms with E-state index in [9.17, 15) is 0 Å². The average Bonchev–Trinajstić information content (AvgIpc) is 2.75. The zero-order valence-electron chi connectivity index (χ0n) is 8.90. The van der Waals surface area contributed by atoms with Crippen LogP contribution in [0.1, 0.15) is 31.5 Å². The Balaban J connectivity index is 2.31. The molecule has 2 rings (SSSR count). The summed E-state index contributed by atoms with van der Waals surface area (Å²) in [6.07, 6.45) is 2.04. The standard InChI is InChI=1S/C9H15BrN4O/c1-9(4-3-5-15-9)7(11)6-8(10)12-13-14(6)2/h7H,3-5,11H2,1-2H3. The smallest absolute Gasteiger partial charge is 0.153 e. The van der Waals surface area contributed by atoms with Gasteiger partial charge in [-0.25, -0.2) is 4.68 Å². The molecule has 2 N–H and O–H groups in total. The molecule has 0 spiro atoms. The van der Waals surface area contributed by atoms with E-state index >= 15 is 0 Å². The molecule has 1 aliphatic heterocycles. The molecule has 1 aromatic heterocycles. The summed E-state index contributed by atoms with van der Waals surface area (Å²) in [4.78, 5) is 0. The highest BCUT2D eigenvalue weighted by molar-refractivity contribution is 9.10. The summed E-state index contributed by atoms with van der Waals surface area (Å²) in [6, 6.07) is -0.200. The average molecular weight is 275 g/mol. The molecule has 2 unspecified atom stereocenters. The number of rotatable bonds is 2. The lowest BCUT2D eigenvalue weighted by Gasteiger charge is -2.30. The Morgan fingerprint density at radius 3 is 2.87 bits per heavy atom. The predicted octanol–water partition coefficient (Wildman–Crippen LogP) is 1.15. The molecule has 1 fully saturated rings. The van der Waals surface area contributed by atoms with Crippen molar-refractivity contribution in [3.05, 3.63) is 10.3 Å². The lowest BCUT2D eigenvalue weighted by atomic mass is 9.92. The minimum Gasteiger partial charge on any atom is -0.373 e. The van der Waals surface area contributed by atoms with Gasteiger partial charge >= 0.3 is 0 Å². The largest absolute Gasteiger partial charge is 0.373 e. The summed E-state index contributed by atoms with van der Waals surface area (Å²) in [5.74, 6) is 0. The van der Waals surface area contributed by atoms with Gasteiger partial charge in [-0.05, 0) is 35.7 Å². The van der Waals surface area contributed by atoms with Crippen molar-refractivity contribution in [2.45, 2.75) is 31.4 Å². The topological polar surface area (TPSA) is 66.0 Å². The first-order valence-electron chi connectivity index (χ1n) is 4.99. The lowest BCUT2D eigenvalue weighted by Crippen LogP contribution is -2.39. The van der Waals surface area contributed by atoms with E-state index in [1.54, 1.807) is 4.68 Å². The first-order chi connectivity index (χ1) is 7.04. The molecule has 0 amide bonds. The van der Waals surface area contributed by atoms with E-state index in [4.69, 9.17) is 10.5 Å². The molecular formula is C9H15BrN4O. The van der Waals surface area contributed by atoms with Gasteiger partial charge in [0, 0.05) is 13.7 Å². The van der Waals surface area contributed by atoms with Gasteiger partial charge in [0.15, 0.2) is 4.60 Å². The van der Waals surface area contributed by atoms with Crippen molar-refractivity contribution in [3.8, 4) is 0 Å². The molecule has 0 bridgehead atoms. The maximum absolute atomic E-state index is 6.22. The van der Waals surface area contributed by atoms with Gasteiger partial charge in [-0.15, -0.1) is 5.10 Å². The van der Waals surface area contributed by atoms with Crippen LogP contribution in [0.25, 0.3) is 0 Å². The molecule has 15 heavy (non-hydrogen) atoms. The van der Waals surface area contributed by atoms with Crippen LogP contribution in [0.4, 0.5) is 0 Å². The third-order valence-corrected chi connectivity index (χ3v) is 3.59. The molecule has 1 aliphatic rings. The zero-order chi connectivity index (χ0) is 11.1. The summed E-state index contributed by atoms with van der Waals surface area (Å²) in [5.41, 5.74) is 6.82. The Labute approximate surface area is 97.1 Å². The molecule has 1 saturated heterocycles. The van der Waals surface area contributed by atoms with Gasteiger partial charge < -0.3 is 10.5 Å². The van der Waals surface area contributed by atoms with E-state index in [2.05, 4.69) is 26.2 Å². The predicted molar refractivity (Wildman–Crippen MR) is 59.2 cm³/mol. The number of hydrogen-bond acceptors (Lipinski definition) is 4. The van der Waals surface area contributed by atoms with Crippen LogP contribution in [-0.2, 0) is 11.8 Å². The second-order valence-electron chi connectivity index (χ2n) is 4.13. The molecule has 2 heterocycles. The Morgan fingerprint density at radius 1 is 1.67 bits per heavy atom. The van der Waals surface area contributed by atoms with Gasteiger partial charge in [-0.2, -0.15) is 0 Å². The van der Waals surface area contributed by atoms with Crippen molar-refractivity contribution >= 4 is 15.9 Å². The second-order valence-corrected chi connectivity index (χ2v) is 4.88. The van der Waals surface area contributed by atoms with Gasteiger partial charge in [0.25, 0.3) is 0 Å². The lowest BCUT2D eigenvalue weighted by molar-refractivity contribution is -0.00383. The summed E-state index contributed by atoms with van der Waals surface area (Å²) in [6.45, 7) is 2.83. The maximum Gasteiger partial charge on any atom is 0.153 e. The maximum atomic E-state index is 6.22. The van der Waals surface area contributed by atoms with Gasteiger partial charge in [0.2, 0.25) is 0 Å². The van der Waals surface area contributed by atoms with E-state index in [1.165, 1.54) is 0 Å². The Kier molecular flexibility index (Phi) is 2.83. The van der Waals surface area contributed by atoms with E-state index in [1.807, 2.05) is 14.0 Å². The van der Waals surface area contributed by atoms with E-state index < -0.39 is 0 Å². The van der Waals surface area contributed by atoms with Crippen LogP contribution in [0.15, 0.2) is 4.60 Å². The molecule has 0 radical (unpaired) electrons. The van der Waals surface area contributed by atoms with E-state index in [0.717, 1.165) is 25.1 Å². The summed E-state index contributed by atoms with van der Waals surface area (Å²) in [7, 11) is 1.84. The van der Waals surface area contributed by atoms with Gasteiger partial charge in [0.1, 0.15) is 0 Å². The third kappa shape index (κ3) is 1.81. The van der Waals surface area contributed by atoms with Crippen molar-refractivity contribution < 1.29 is 4.74 Å². The quantitative estimate of drug-likeness (QED) is 0.879. The molecule has 6 heteroatoms. The Morgan fingerprint density at radius 2 is 2.40 bits per heavy atom. The van der Waals surface area contributed by atoms with Crippen molar-refractivity contribution in [1.29, 1.82) is 0 Å². The highest BCUT2D eigenvalue weighted by Gasteiger charge is 2.39. The SMILES string of the molecule is Cn1nnc(Br)c1C(N)C1(C)CCCO1. The van der Waals surface area contributed by atoms with Gasteiger partial charge in [-0.3, -0.25) is 0 Å². The zero-order valence-corrected chi connectivity index (χ0v) is 10.5. The molecule has 1 aromatic rings. The van der Waals surface area contributed by atoms with Crippen molar-refractivity contribution in [2.75, 3.05) is 6.61 Å². The number of nitrogens with zero attached hydrogens (tertiary/aromatic N) is 3. The van der Waals surface area contributed by atoms with E-state index in [0.29, 0.717) is 4.60 Å². The van der Waals surface area contributed by atoms with Gasteiger partial charge in [-0.1, -0.05) is 5.21 Å². The fourth-order valence-corrected chi connectivity index (χ4v) is 2.58. The molecule has 0 saturated carbocycles. The minimum atomic E-state index is -0.294. The van der Waals surface area contributed by atoms with Crippen LogP contribution < -0.4 is 5.73 Å². The van der Waals surface area contributed by atoms with Gasteiger partial charge in [0.05, 0.1) is 17.3 Å². The second kappa shape index (κ2) is 3.84. The molecular weight excluding hydrogens is 260 g/mol. The van der Waals surface area contributed by atoms with Crippen molar-refractivity contribution in [3.63, 3.8) is 0 Å². The monoisotopic (exact) mass is 274 g/mol. The normalized spacial score (nSPS) is 28.3. The summed E-state index contributed by atoms with van der Waals surface area (Å²) >= 11 is 3.36. The van der Waals surface area contributed by atoms with Crippen LogP contribution in [0, 0.1) is 0 Å². The number of nitrogens with two attached hydrogens (primary N) is 1. The summed E-state index contributed by atoms with van der Waals surface area (Å²) < 4.78 is 8.12. The van der Waals surface area contributed by atoms with Crippen LogP contribution in [0.3, 0.4) is 0 Å². The highest BCUT2D eigenvalue weighted by atomic mass is 79.9.